The van der Waals surface area contributed by atoms with Crippen molar-refractivity contribution in [2.45, 2.75) is 30.4 Å². The van der Waals surface area contributed by atoms with Crippen LogP contribution in [-0.4, -0.2) is 38.0 Å². The first kappa shape index (κ1) is 17.9. The van der Waals surface area contributed by atoms with Crippen LogP contribution in [0.3, 0.4) is 0 Å². The Morgan fingerprint density at radius 3 is 2.48 bits per heavy atom. The molecule has 1 fully saturated rings. The Bertz CT molecular complexity index is 816. The molecule has 0 radical (unpaired) electrons. The van der Waals surface area contributed by atoms with Gasteiger partial charge in [-0.15, -0.1) is 6.58 Å². The van der Waals surface area contributed by atoms with Gasteiger partial charge >= 0.3 is 0 Å². The highest BCUT2D eigenvalue weighted by Gasteiger charge is 2.36. The number of morpholine rings is 1. The average Bonchev–Trinajstić information content (AvgIpc) is 2.63. The predicted molar refractivity (Wildman–Crippen MR) is 98.9 cm³/mol. The Kier molecular flexibility index (Phi) is 5.37. The smallest absolute Gasteiger partial charge is 0.243 e. The number of sulfonamides is 1. The van der Waals surface area contributed by atoms with Gasteiger partial charge in [0.15, 0.2) is 0 Å². The van der Waals surface area contributed by atoms with Gasteiger partial charge in [0.2, 0.25) is 10.0 Å². The number of aryl methyl sites for hydroxylation is 1. The van der Waals surface area contributed by atoms with E-state index in [0.29, 0.717) is 17.9 Å². The van der Waals surface area contributed by atoms with Gasteiger partial charge in [-0.05, 0) is 31.0 Å². The molecule has 1 heterocycles. The lowest BCUT2D eigenvalue weighted by Gasteiger charge is -2.38. The lowest BCUT2D eigenvalue weighted by atomic mass is 10.1. The van der Waals surface area contributed by atoms with Crippen LogP contribution in [0.1, 0.15) is 11.1 Å². The van der Waals surface area contributed by atoms with Gasteiger partial charge in [-0.2, -0.15) is 4.31 Å². The Morgan fingerprint density at radius 1 is 1.16 bits per heavy atom. The Balaban J connectivity index is 1.91. The first-order valence-electron chi connectivity index (χ1n) is 8.37. The number of ether oxygens (including phenoxy) is 1. The van der Waals surface area contributed by atoms with Gasteiger partial charge in [0, 0.05) is 6.54 Å². The van der Waals surface area contributed by atoms with Crippen molar-refractivity contribution >= 4 is 10.0 Å². The van der Waals surface area contributed by atoms with Crippen LogP contribution in [-0.2, 0) is 21.2 Å². The second kappa shape index (κ2) is 7.52. The van der Waals surface area contributed by atoms with E-state index in [1.807, 2.05) is 49.4 Å². The van der Waals surface area contributed by atoms with Crippen LogP contribution < -0.4 is 0 Å². The molecule has 0 aliphatic carbocycles. The van der Waals surface area contributed by atoms with E-state index in [1.54, 1.807) is 22.5 Å². The number of hydrogen-bond donors (Lipinski definition) is 0. The molecule has 4 nitrogen and oxygen atoms in total. The topological polar surface area (TPSA) is 46.6 Å². The maximum absolute atomic E-state index is 13.2. The number of benzene rings is 2. The summed E-state index contributed by atoms with van der Waals surface area (Å²) in [6.45, 7) is 6.34. The Labute approximate surface area is 149 Å². The molecule has 2 atom stereocenters. The van der Waals surface area contributed by atoms with Crippen molar-refractivity contribution in [3.63, 3.8) is 0 Å². The Hall–Kier alpha value is -1.95. The molecule has 0 spiro atoms. The summed E-state index contributed by atoms with van der Waals surface area (Å²) in [7, 11) is -3.59. The van der Waals surface area contributed by atoms with Gasteiger partial charge < -0.3 is 4.74 Å². The van der Waals surface area contributed by atoms with Crippen LogP contribution in [0.2, 0.25) is 0 Å². The van der Waals surface area contributed by atoms with Gasteiger partial charge in [0.25, 0.3) is 0 Å². The Morgan fingerprint density at radius 2 is 1.84 bits per heavy atom. The van der Waals surface area contributed by atoms with Crippen molar-refractivity contribution in [2.24, 2.45) is 0 Å². The molecule has 1 aliphatic rings. The fraction of sp³-hybridized carbons (Fsp3) is 0.300. The largest absolute Gasteiger partial charge is 0.371 e. The molecule has 0 amide bonds. The third-order valence-corrected chi connectivity index (χ3v) is 6.41. The third-order valence-electron chi connectivity index (χ3n) is 4.47. The van der Waals surface area contributed by atoms with Crippen molar-refractivity contribution in [1.82, 2.24) is 4.31 Å². The molecular formula is C20H23NO3S. The van der Waals surface area contributed by atoms with E-state index >= 15 is 0 Å². The summed E-state index contributed by atoms with van der Waals surface area (Å²) in [5.74, 6) is 0. The number of nitrogens with zero attached hydrogens (tertiary/aromatic N) is 1. The summed E-state index contributed by atoms with van der Waals surface area (Å²) in [4.78, 5) is 0.320. The van der Waals surface area contributed by atoms with E-state index in [-0.39, 0.29) is 18.7 Å². The van der Waals surface area contributed by atoms with E-state index in [9.17, 15) is 8.42 Å². The molecule has 0 N–H and O–H groups in total. The molecule has 25 heavy (non-hydrogen) atoms. The molecule has 1 aliphatic heterocycles. The summed E-state index contributed by atoms with van der Waals surface area (Å²) in [5.41, 5.74) is 2.13. The lowest BCUT2D eigenvalue weighted by Crippen LogP contribution is -2.52. The lowest BCUT2D eigenvalue weighted by molar-refractivity contribution is -0.00724. The van der Waals surface area contributed by atoms with E-state index in [1.165, 1.54) is 0 Å². The molecule has 1 unspecified atom stereocenters. The van der Waals surface area contributed by atoms with Crippen LogP contribution in [0, 0.1) is 6.92 Å². The van der Waals surface area contributed by atoms with Crippen molar-refractivity contribution in [2.75, 3.05) is 13.2 Å². The van der Waals surface area contributed by atoms with E-state index < -0.39 is 10.0 Å². The van der Waals surface area contributed by atoms with Gasteiger partial charge in [0.1, 0.15) is 0 Å². The summed E-state index contributed by atoms with van der Waals surface area (Å²) in [5, 5.41) is 0. The molecule has 2 aromatic carbocycles. The molecule has 132 valence electrons. The number of hydrogen-bond acceptors (Lipinski definition) is 3. The molecule has 0 saturated carbocycles. The highest BCUT2D eigenvalue weighted by atomic mass is 32.2. The molecular weight excluding hydrogens is 334 g/mol. The SMILES string of the molecule is C=CC1CN(S(=O)(=O)c2ccc(C)cc2)[C@@H](Cc2ccccc2)CO1. The minimum absolute atomic E-state index is 0.232. The maximum atomic E-state index is 13.2. The molecule has 2 aromatic rings. The van der Waals surface area contributed by atoms with Crippen LogP contribution in [0.4, 0.5) is 0 Å². The summed E-state index contributed by atoms with van der Waals surface area (Å²) in [6.07, 6.45) is 2.00. The van der Waals surface area contributed by atoms with Crippen LogP contribution >= 0.6 is 0 Å². The summed E-state index contributed by atoms with van der Waals surface area (Å²) < 4.78 is 33.7. The van der Waals surface area contributed by atoms with Gasteiger partial charge in [-0.1, -0.05) is 54.1 Å². The zero-order valence-electron chi connectivity index (χ0n) is 14.3. The van der Waals surface area contributed by atoms with Crippen molar-refractivity contribution in [3.8, 4) is 0 Å². The minimum Gasteiger partial charge on any atom is -0.371 e. The molecule has 1 saturated heterocycles. The van der Waals surface area contributed by atoms with E-state index in [2.05, 4.69) is 6.58 Å². The predicted octanol–water partition coefficient (Wildman–Crippen LogP) is 3.18. The second-order valence-corrected chi connectivity index (χ2v) is 8.23. The van der Waals surface area contributed by atoms with E-state index in [4.69, 9.17) is 4.74 Å². The highest BCUT2D eigenvalue weighted by molar-refractivity contribution is 7.89. The second-order valence-electron chi connectivity index (χ2n) is 6.34. The monoisotopic (exact) mass is 357 g/mol. The molecule has 0 aromatic heterocycles. The average molecular weight is 357 g/mol. The number of rotatable bonds is 5. The van der Waals surface area contributed by atoms with Gasteiger partial charge in [-0.25, -0.2) is 8.42 Å². The highest BCUT2D eigenvalue weighted by Crippen LogP contribution is 2.25. The van der Waals surface area contributed by atoms with E-state index in [0.717, 1.165) is 11.1 Å². The standard InChI is InChI=1S/C20H23NO3S/c1-3-19-14-21(25(22,23)20-11-9-16(2)10-12-20)18(15-24-19)13-17-7-5-4-6-8-17/h3-12,18-19H,1,13-15H2,2H3/t18-,19?/m0/s1. The molecule has 0 bridgehead atoms. The quantitative estimate of drug-likeness (QED) is 0.772. The molecule has 3 rings (SSSR count). The molecule has 5 heteroatoms. The van der Waals surface area contributed by atoms with Gasteiger partial charge in [0.05, 0.1) is 23.6 Å². The van der Waals surface area contributed by atoms with Crippen molar-refractivity contribution < 1.29 is 13.2 Å². The summed E-state index contributed by atoms with van der Waals surface area (Å²) in [6, 6.07) is 16.7. The fourth-order valence-corrected chi connectivity index (χ4v) is 4.65. The third kappa shape index (κ3) is 4.00. The zero-order valence-corrected chi connectivity index (χ0v) is 15.2. The van der Waals surface area contributed by atoms with Crippen molar-refractivity contribution in [1.29, 1.82) is 0 Å². The normalized spacial score (nSPS) is 21.8. The van der Waals surface area contributed by atoms with Crippen molar-refractivity contribution in [3.05, 3.63) is 78.4 Å². The van der Waals surface area contributed by atoms with Crippen LogP contribution in [0.25, 0.3) is 0 Å². The maximum Gasteiger partial charge on any atom is 0.243 e. The minimum atomic E-state index is -3.59. The van der Waals surface area contributed by atoms with Crippen LogP contribution in [0.15, 0.2) is 72.1 Å². The first-order valence-corrected chi connectivity index (χ1v) is 9.81. The fourth-order valence-electron chi connectivity index (χ4n) is 3.03. The van der Waals surface area contributed by atoms with Crippen LogP contribution in [0.5, 0.6) is 0 Å². The van der Waals surface area contributed by atoms with Gasteiger partial charge in [-0.3, -0.25) is 0 Å². The zero-order chi connectivity index (χ0) is 17.9. The summed E-state index contributed by atoms with van der Waals surface area (Å²) >= 11 is 0. The first-order chi connectivity index (χ1) is 12.0.